The molecule has 6 heteroatoms. The zero-order chi connectivity index (χ0) is 14.5. The normalized spacial score (nSPS) is 11.2. The first-order valence-electron chi connectivity index (χ1n) is 5.79. The molecule has 0 bridgehead atoms. The number of nitrogens with one attached hydrogen (secondary N) is 1. The van der Waals surface area contributed by atoms with Gasteiger partial charge in [-0.1, -0.05) is 6.07 Å². The Labute approximate surface area is 111 Å². The number of aliphatic hydroxyl groups excluding tert-OH is 2. The second kappa shape index (κ2) is 6.49. The van der Waals surface area contributed by atoms with E-state index < -0.39 is 17.3 Å². The summed E-state index contributed by atoms with van der Waals surface area (Å²) in [6.07, 6.45) is -0.0451. The van der Waals surface area contributed by atoms with Gasteiger partial charge in [0.15, 0.2) is 11.6 Å². The van der Waals surface area contributed by atoms with Crippen molar-refractivity contribution in [2.45, 2.75) is 18.9 Å². The minimum absolute atomic E-state index is 0.0451. The number of methoxy groups -OCH3 is 1. The van der Waals surface area contributed by atoms with Gasteiger partial charge >= 0.3 is 0 Å². The largest absolute Gasteiger partial charge is 0.494 e. The Morgan fingerprint density at radius 3 is 2.53 bits per heavy atom. The summed E-state index contributed by atoms with van der Waals surface area (Å²) in [5.41, 5.74) is -0.601. The third-order valence-corrected chi connectivity index (χ3v) is 2.72. The van der Waals surface area contributed by atoms with E-state index in [9.17, 15) is 9.18 Å². The summed E-state index contributed by atoms with van der Waals surface area (Å²) in [7, 11) is 1.36. The lowest BCUT2D eigenvalue weighted by atomic mass is 10.0. The number of carbonyl (C=O) groups excluding carboxylic acids is 1. The van der Waals surface area contributed by atoms with Gasteiger partial charge in [-0.15, -0.1) is 0 Å². The van der Waals surface area contributed by atoms with Crippen LogP contribution in [0.1, 0.15) is 12.5 Å². The van der Waals surface area contributed by atoms with Crippen LogP contribution in [0, 0.1) is 5.82 Å². The number of amides is 1. The van der Waals surface area contributed by atoms with Gasteiger partial charge in [-0.3, -0.25) is 4.79 Å². The number of hydrogen-bond donors (Lipinski definition) is 3. The quantitative estimate of drug-likeness (QED) is 0.692. The Hall–Kier alpha value is -1.66. The lowest BCUT2D eigenvalue weighted by molar-refractivity contribution is -0.123. The average Bonchev–Trinajstić information content (AvgIpc) is 2.38. The van der Waals surface area contributed by atoms with Gasteiger partial charge in [-0.05, 0) is 24.6 Å². The van der Waals surface area contributed by atoms with Crippen molar-refractivity contribution >= 4 is 5.91 Å². The molecule has 0 spiro atoms. The number of aliphatic hydroxyl groups is 2. The molecule has 0 aliphatic rings. The number of carbonyl (C=O) groups is 1. The van der Waals surface area contributed by atoms with Crippen molar-refractivity contribution in [1.82, 2.24) is 5.32 Å². The lowest BCUT2D eigenvalue weighted by Crippen LogP contribution is -2.52. The molecule has 1 rings (SSSR count). The van der Waals surface area contributed by atoms with Crippen LogP contribution in [-0.4, -0.2) is 42.0 Å². The summed E-state index contributed by atoms with van der Waals surface area (Å²) in [5, 5.41) is 20.6. The Bertz CT molecular complexity index is 446. The monoisotopic (exact) mass is 271 g/mol. The van der Waals surface area contributed by atoms with Crippen LogP contribution in [0.25, 0.3) is 0 Å². The molecule has 5 nitrogen and oxygen atoms in total. The molecule has 0 fully saturated rings. The third kappa shape index (κ3) is 4.18. The van der Waals surface area contributed by atoms with Gasteiger partial charge in [-0.25, -0.2) is 4.39 Å². The minimum atomic E-state index is -1.08. The molecule has 0 aromatic heterocycles. The van der Waals surface area contributed by atoms with Crippen LogP contribution in [-0.2, 0) is 11.2 Å². The van der Waals surface area contributed by atoms with Crippen molar-refractivity contribution in [3.8, 4) is 5.75 Å². The molecule has 0 atom stereocenters. The molecule has 19 heavy (non-hydrogen) atoms. The van der Waals surface area contributed by atoms with Crippen molar-refractivity contribution in [1.29, 1.82) is 0 Å². The van der Waals surface area contributed by atoms with Gasteiger partial charge in [0.05, 0.1) is 32.3 Å². The topological polar surface area (TPSA) is 78.8 Å². The fourth-order valence-electron chi connectivity index (χ4n) is 1.52. The Balaban J connectivity index is 2.70. The standard InChI is InChI=1S/C13H18FNO4/c1-13(7-16,8-17)15-12(18)6-9-3-4-11(19-2)10(14)5-9/h3-5,16-17H,6-8H2,1-2H3,(H,15,18). The fourth-order valence-corrected chi connectivity index (χ4v) is 1.52. The summed E-state index contributed by atoms with van der Waals surface area (Å²) < 4.78 is 18.2. The molecular weight excluding hydrogens is 253 g/mol. The first-order valence-corrected chi connectivity index (χ1v) is 5.79. The Morgan fingerprint density at radius 1 is 1.42 bits per heavy atom. The van der Waals surface area contributed by atoms with E-state index in [0.717, 1.165) is 0 Å². The van der Waals surface area contributed by atoms with E-state index >= 15 is 0 Å². The van der Waals surface area contributed by atoms with Crippen molar-refractivity contribution in [2.75, 3.05) is 20.3 Å². The molecule has 0 radical (unpaired) electrons. The van der Waals surface area contributed by atoms with Gasteiger partial charge in [-0.2, -0.15) is 0 Å². The maximum Gasteiger partial charge on any atom is 0.225 e. The Morgan fingerprint density at radius 2 is 2.05 bits per heavy atom. The summed E-state index contributed by atoms with van der Waals surface area (Å²) in [6, 6.07) is 4.24. The van der Waals surface area contributed by atoms with Crippen molar-refractivity contribution < 1.29 is 24.1 Å². The summed E-state index contributed by atoms with van der Waals surface area (Å²) in [6.45, 7) is 0.748. The van der Waals surface area contributed by atoms with Crippen molar-refractivity contribution in [3.05, 3.63) is 29.6 Å². The van der Waals surface area contributed by atoms with Crippen LogP contribution >= 0.6 is 0 Å². The predicted molar refractivity (Wildman–Crippen MR) is 67.4 cm³/mol. The highest BCUT2D eigenvalue weighted by Gasteiger charge is 2.24. The van der Waals surface area contributed by atoms with Crippen LogP contribution in [0.3, 0.4) is 0 Å². The fraction of sp³-hybridized carbons (Fsp3) is 0.462. The molecule has 0 heterocycles. The first-order chi connectivity index (χ1) is 8.94. The molecule has 0 unspecified atom stereocenters. The first kappa shape index (κ1) is 15.4. The van der Waals surface area contributed by atoms with E-state index in [0.29, 0.717) is 5.56 Å². The van der Waals surface area contributed by atoms with Crippen molar-refractivity contribution in [2.24, 2.45) is 0 Å². The third-order valence-electron chi connectivity index (χ3n) is 2.72. The predicted octanol–water partition coefficient (Wildman–Crippen LogP) is 0.236. The van der Waals surface area contributed by atoms with Gasteiger partial charge < -0.3 is 20.3 Å². The molecule has 1 aromatic carbocycles. The lowest BCUT2D eigenvalue weighted by Gasteiger charge is -2.26. The van der Waals surface area contributed by atoms with E-state index in [1.54, 1.807) is 6.07 Å². The number of hydrogen-bond acceptors (Lipinski definition) is 4. The SMILES string of the molecule is COc1ccc(CC(=O)NC(C)(CO)CO)cc1F. The van der Waals surface area contributed by atoms with Crippen LogP contribution in [0.5, 0.6) is 5.75 Å². The maximum absolute atomic E-state index is 13.4. The van der Waals surface area contributed by atoms with Crippen LogP contribution in [0.4, 0.5) is 4.39 Å². The second-order valence-electron chi connectivity index (χ2n) is 4.57. The highest BCUT2D eigenvalue weighted by Crippen LogP contribution is 2.18. The summed E-state index contributed by atoms with van der Waals surface area (Å²) in [5.74, 6) is -0.838. The maximum atomic E-state index is 13.4. The molecule has 106 valence electrons. The minimum Gasteiger partial charge on any atom is -0.494 e. The average molecular weight is 271 g/mol. The van der Waals surface area contributed by atoms with E-state index in [4.69, 9.17) is 14.9 Å². The van der Waals surface area contributed by atoms with E-state index in [1.807, 2.05) is 0 Å². The summed E-state index contributed by atoms with van der Waals surface area (Å²) >= 11 is 0. The van der Waals surface area contributed by atoms with Crippen molar-refractivity contribution in [3.63, 3.8) is 0 Å². The molecule has 3 N–H and O–H groups in total. The molecule has 0 saturated heterocycles. The second-order valence-corrected chi connectivity index (χ2v) is 4.57. The molecule has 0 aliphatic carbocycles. The van der Waals surface area contributed by atoms with E-state index in [-0.39, 0.29) is 25.4 Å². The van der Waals surface area contributed by atoms with Gasteiger partial charge in [0, 0.05) is 0 Å². The molecule has 0 aliphatic heterocycles. The zero-order valence-corrected chi connectivity index (χ0v) is 10.9. The number of rotatable bonds is 6. The highest BCUT2D eigenvalue weighted by atomic mass is 19.1. The van der Waals surface area contributed by atoms with E-state index in [1.165, 1.54) is 26.2 Å². The van der Waals surface area contributed by atoms with Crippen LogP contribution < -0.4 is 10.1 Å². The van der Waals surface area contributed by atoms with Crippen LogP contribution in [0.15, 0.2) is 18.2 Å². The molecule has 1 aromatic rings. The van der Waals surface area contributed by atoms with Crippen LogP contribution in [0.2, 0.25) is 0 Å². The van der Waals surface area contributed by atoms with E-state index in [2.05, 4.69) is 5.32 Å². The number of ether oxygens (including phenoxy) is 1. The van der Waals surface area contributed by atoms with Gasteiger partial charge in [0.2, 0.25) is 5.91 Å². The van der Waals surface area contributed by atoms with Gasteiger partial charge in [0.1, 0.15) is 0 Å². The molecule has 1 amide bonds. The molecule has 0 saturated carbocycles. The smallest absolute Gasteiger partial charge is 0.225 e. The molecular formula is C13H18FNO4. The number of halogens is 1. The zero-order valence-electron chi connectivity index (χ0n) is 10.9. The summed E-state index contributed by atoms with van der Waals surface area (Å²) in [4.78, 5) is 11.7. The Kier molecular flexibility index (Phi) is 5.26. The van der Waals surface area contributed by atoms with Gasteiger partial charge in [0.25, 0.3) is 0 Å². The highest BCUT2D eigenvalue weighted by molar-refractivity contribution is 5.79. The number of benzene rings is 1.